The average Bonchev–Trinajstić information content (AvgIpc) is 2.37. The fourth-order valence-electron chi connectivity index (χ4n) is 1.79. The van der Waals surface area contributed by atoms with Crippen LogP contribution < -0.4 is 4.90 Å². The van der Waals surface area contributed by atoms with Gasteiger partial charge >= 0.3 is 0 Å². The monoisotopic (exact) mass is 390 g/mol. The Morgan fingerprint density at radius 1 is 1.16 bits per heavy atom. The Morgan fingerprint density at radius 2 is 1.84 bits per heavy atom. The number of amides is 1. The molecular formula is C14H20Br2N2O. The lowest BCUT2D eigenvalue weighted by Gasteiger charge is -2.23. The maximum Gasteiger partial charge on any atom is 0.226 e. The molecule has 0 unspecified atom stereocenters. The second-order valence-electron chi connectivity index (χ2n) is 4.65. The number of carbonyl (C=O) groups excluding carboxylic acids is 1. The van der Waals surface area contributed by atoms with Gasteiger partial charge in [0.2, 0.25) is 5.91 Å². The number of carbonyl (C=O) groups is 1. The van der Waals surface area contributed by atoms with Gasteiger partial charge in [-0.25, -0.2) is 0 Å². The molecule has 0 aliphatic rings. The summed E-state index contributed by atoms with van der Waals surface area (Å²) >= 11 is 6.93. The maximum absolute atomic E-state index is 12.1. The summed E-state index contributed by atoms with van der Waals surface area (Å²) in [6.45, 7) is 3.62. The van der Waals surface area contributed by atoms with Crippen LogP contribution in [0.2, 0.25) is 0 Å². The summed E-state index contributed by atoms with van der Waals surface area (Å²) < 4.78 is 1.96. The Hall–Kier alpha value is -0.390. The highest BCUT2D eigenvalue weighted by atomic mass is 79.9. The van der Waals surface area contributed by atoms with E-state index in [1.165, 1.54) is 0 Å². The van der Waals surface area contributed by atoms with Gasteiger partial charge in [-0.2, -0.15) is 0 Å². The van der Waals surface area contributed by atoms with Gasteiger partial charge in [0, 0.05) is 27.6 Å². The van der Waals surface area contributed by atoms with Crippen molar-refractivity contribution in [1.82, 2.24) is 4.90 Å². The van der Waals surface area contributed by atoms with Crippen molar-refractivity contribution in [3.05, 3.63) is 27.1 Å². The summed E-state index contributed by atoms with van der Waals surface area (Å²) in [4.78, 5) is 16.1. The molecule has 0 heterocycles. The third kappa shape index (κ3) is 5.24. The zero-order valence-corrected chi connectivity index (χ0v) is 14.8. The molecular weight excluding hydrogens is 372 g/mol. The van der Waals surface area contributed by atoms with E-state index < -0.39 is 0 Å². The van der Waals surface area contributed by atoms with E-state index in [1.54, 1.807) is 0 Å². The topological polar surface area (TPSA) is 23.6 Å². The van der Waals surface area contributed by atoms with Gasteiger partial charge < -0.3 is 9.80 Å². The van der Waals surface area contributed by atoms with Gasteiger partial charge in [0.05, 0.1) is 0 Å². The Bertz CT molecular complexity index is 435. The Kier molecular flexibility index (Phi) is 7.04. The molecule has 0 spiro atoms. The third-order valence-electron chi connectivity index (χ3n) is 2.81. The molecule has 0 saturated heterocycles. The highest BCUT2D eigenvalue weighted by Crippen LogP contribution is 2.28. The van der Waals surface area contributed by atoms with E-state index in [0.29, 0.717) is 6.42 Å². The van der Waals surface area contributed by atoms with Crippen LogP contribution in [0.3, 0.4) is 0 Å². The summed E-state index contributed by atoms with van der Waals surface area (Å²) in [6, 6.07) is 5.91. The first-order valence-corrected chi connectivity index (χ1v) is 7.94. The number of hydrogen-bond acceptors (Lipinski definition) is 2. The highest BCUT2D eigenvalue weighted by Gasteiger charge is 2.14. The summed E-state index contributed by atoms with van der Waals surface area (Å²) in [7, 11) is 4.09. The van der Waals surface area contributed by atoms with Gasteiger partial charge in [0.1, 0.15) is 0 Å². The second kappa shape index (κ2) is 8.02. The van der Waals surface area contributed by atoms with Gasteiger partial charge in [0.15, 0.2) is 0 Å². The van der Waals surface area contributed by atoms with Gasteiger partial charge in [-0.1, -0.05) is 6.92 Å². The molecule has 0 aliphatic heterocycles. The normalized spacial score (nSPS) is 10.8. The largest absolute Gasteiger partial charge is 0.312 e. The molecule has 5 heteroatoms. The summed E-state index contributed by atoms with van der Waals surface area (Å²) in [5, 5.41) is 0. The first-order valence-electron chi connectivity index (χ1n) is 6.35. The van der Waals surface area contributed by atoms with E-state index in [1.807, 2.05) is 44.1 Å². The Labute approximate surface area is 132 Å². The molecule has 0 bridgehead atoms. The molecule has 0 aromatic heterocycles. The van der Waals surface area contributed by atoms with E-state index in [-0.39, 0.29) is 5.91 Å². The van der Waals surface area contributed by atoms with E-state index in [9.17, 15) is 4.79 Å². The molecule has 1 amide bonds. The van der Waals surface area contributed by atoms with Crippen molar-refractivity contribution >= 4 is 43.5 Å². The molecule has 0 radical (unpaired) electrons. The number of anilines is 1. The molecule has 0 N–H and O–H groups in total. The van der Waals surface area contributed by atoms with Crippen molar-refractivity contribution < 1.29 is 4.79 Å². The summed E-state index contributed by atoms with van der Waals surface area (Å²) in [5.74, 6) is 0.160. The van der Waals surface area contributed by atoms with Gasteiger partial charge in [-0.05, 0) is 77.1 Å². The molecule has 3 nitrogen and oxygen atoms in total. The van der Waals surface area contributed by atoms with Crippen molar-refractivity contribution in [1.29, 1.82) is 0 Å². The van der Waals surface area contributed by atoms with E-state index in [2.05, 4.69) is 36.8 Å². The second-order valence-corrected chi connectivity index (χ2v) is 6.36. The standard InChI is InChI=1S/C14H20Br2N2O/c1-4-14(19)18(9-5-8-17(2)3)11-6-7-12(15)13(16)10-11/h6-7,10H,4-5,8-9H2,1-3H3. The number of halogens is 2. The predicted octanol–water partition coefficient (Wildman–Crippen LogP) is 3.91. The number of rotatable bonds is 6. The fourth-order valence-corrected chi connectivity index (χ4v) is 2.40. The summed E-state index contributed by atoms with van der Waals surface area (Å²) in [6.07, 6.45) is 1.49. The van der Waals surface area contributed by atoms with Crippen LogP contribution in [-0.2, 0) is 4.79 Å². The fraction of sp³-hybridized carbons (Fsp3) is 0.500. The van der Waals surface area contributed by atoms with Crippen LogP contribution in [-0.4, -0.2) is 38.0 Å². The average molecular weight is 392 g/mol. The van der Waals surface area contributed by atoms with Crippen molar-refractivity contribution in [2.24, 2.45) is 0 Å². The van der Waals surface area contributed by atoms with Crippen LogP contribution in [0, 0.1) is 0 Å². The van der Waals surface area contributed by atoms with E-state index in [0.717, 1.165) is 34.1 Å². The van der Waals surface area contributed by atoms with Gasteiger partial charge in [0.25, 0.3) is 0 Å². The van der Waals surface area contributed by atoms with Crippen molar-refractivity contribution in [3.8, 4) is 0 Å². The first-order chi connectivity index (χ1) is 8.95. The molecule has 1 rings (SSSR count). The number of nitrogens with zero attached hydrogens (tertiary/aromatic N) is 2. The molecule has 0 saturated carbocycles. The predicted molar refractivity (Wildman–Crippen MR) is 87.7 cm³/mol. The van der Waals surface area contributed by atoms with Crippen molar-refractivity contribution in [3.63, 3.8) is 0 Å². The lowest BCUT2D eigenvalue weighted by molar-refractivity contribution is -0.118. The van der Waals surface area contributed by atoms with Crippen LogP contribution in [0.4, 0.5) is 5.69 Å². The zero-order valence-electron chi connectivity index (χ0n) is 11.6. The minimum Gasteiger partial charge on any atom is -0.312 e. The first kappa shape index (κ1) is 16.7. The minimum atomic E-state index is 0.160. The van der Waals surface area contributed by atoms with Crippen molar-refractivity contribution in [2.75, 3.05) is 32.1 Å². The molecule has 0 aliphatic carbocycles. The van der Waals surface area contributed by atoms with Gasteiger partial charge in [-0.3, -0.25) is 4.79 Å². The highest BCUT2D eigenvalue weighted by molar-refractivity contribution is 9.13. The SMILES string of the molecule is CCC(=O)N(CCCN(C)C)c1ccc(Br)c(Br)c1. The van der Waals surface area contributed by atoms with Crippen molar-refractivity contribution in [2.45, 2.75) is 19.8 Å². The van der Waals surface area contributed by atoms with Crippen LogP contribution in [0.15, 0.2) is 27.1 Å². The molecule has 1 aromatic rings. The van der Waals surface area contributed by atoms with Gasteiger partial charge in [-0.15, -0.1) is 0 Å². The van der Waals surface area contributed by atoms with Crippen LogP contribution in [0.25, 0.3) is 0 Å². The number of benzene rings is 1. The minimum absolute atomic E-state index is 0.160. The smallest absolute Gasteiger partial charge is 0.226 e. The van der Waals surface area contributed by atoms with Crippen LogP contribution in [0.5, 0.6) is 0 Å². The molecule has 0 fully saturated rings. The van der Waals surface area contributed by atoms with Crippen LogP contribution in [0.1, 0.15) is 19.8 Å². The third-order valence-corrected chi connectivity index (χ3v) is 4.69. The van der Waals surface area contributed by atoms with E-state index >= 15 is 0 Å². The molecule has 1 aromatic carbocycles. The summed E-state index contributed by atoms with van der Waals surface area (Å²) in [5.41, 5.74) is 0.945. The molecule has 106 valence electrons. The zero-order chi connectivity index (χ0) is 14.4. The van der Waals surface area contributed by atoms with Crippen LogP contribution >= 0.6 is 31.9 Å². The lowest BCUT2D eigenvalue weighted by atomic mass is 10.2. The number of hydrogen-bond donors (Lipinski definition) is 0. The quantitative estimate of drug-likeness (QED) is 0.733. The lowest BCUT2D eigenvalue weighted by Crippen LogP contribution is -2.32. The maximum atomic E-state index is 12.1. The Morgan fingerprint density at radius 3 is 2.37 bits per heavy atom. The molecule has 0 atom stereocenters. The van der Waals surface area contributed by atoms with E-state index in [4.69, 9.17) is 0 Å². The Balaban J connectivity index is 2.83. The molecule has 19 heavy (non-hydrogen) atoms.